The van der Waals surface area contributed by atoms with Gasteiger partial charge >= 0.3 is 18.1 Å². The number of halogens is 3. The summed E-state index contributed by atoms with van der Waals surface area (Å²) in [5.74, 6) is -3.61. The van der Waals surface area contributed by atoms with Gasteiger partial charge in [-0.2, -0.15) is 13.2 Å². The van der Waals surface area contributed by atoms with Gasteiger partial charge in [0.2, 0.25) is 11.8 Å². The topological polar surface area (TPSA) is 104 Å². The smallest absolute Gasteiger partial charge is 0.475 e. The summed E-state index contributed by atoms with van der Waals surface area (Å²) in [5.41, 5.74) is -0.0323. The second-order valence-corrected chi connectivity index (χ2v) is 11.0. The summed E-state index contributed by atoms with van der Waals surface area (Å²) in [6, 6.07) is 8.10. The second-order valence-electron chi connectivity index (χ2n) is 9.86. The average Bonchev–Trinajstić information content (AvgIpc) is 3.52. The van der Waals surface area contributed by atoms with Crippen molar-refractivity contribution in [3.05, 3.63) is 29.8 Å². The minimum atomic E-state index is -5.08. The molecule has 3 aliphatic heterocycles. The van der Waals surface area contributed by atoms with Crippen molar-refractivity contribution >= 4 is 35.5 Å². The van der Waals surface area contributed by atoms with Gasteiger partial charge in [0, 0.05) is 17.5 Å². The van der Waals surface area contributed by atoms with E-state index in [4.69, 9.17) is 14.6 Å². The Labute approximate surface area is 230 Å². The summed E-state index contributed by atoms with van der Waals surface area (Å²) in [6.07, 6.45) is 1.28. The molecule has 0 spiro atoms. The van der Waals surface area contributed by atoms with E-state index in [2.05, 4.69) is 36.1 Å². The molecule has 3 saturated heterocycles. The predicted molar refractivity (Wildman–Crippen MR) is 138 cm³/mol. The number of fused-ring (bicyclic) bond motifs is 3. The minimum absolute atomic E-state index is 0.153. The molecule has 3 fully saturated rings. The van der Waals surface area contributed by atoms with Crippen LogP contribution < -0.4 is 0 Å². The number of benzene rings is 1. The number of hydrogen-bond acceptors (Lipinski definition) is 7. The molecule has 0 aromatic heterocycles. The standard InChI is InChI=1S/C25H34N2O4S.C2HF3O2/c1-4-6-7-8-16-32-18-12-10-17(11-13-18)21-19-20(23(29)26(5-2)22(19)28)25(24(30)31-3)14-9-15-27(21)25;3-2(4,5)1(6)7/h10-13,19-21H,4-9,14-16H2,1-3H3;(H,6,7)/t19?,20?,21?,25-;/m0./s1. The molecule has 1 N–H and O–H groups in total. The van der Waals surface area contributed by atoms with Crippen molar-refractivity contribution in [1.29, 1.82) is 0 Å². The maximum atomic E-state index is 13.3. The van der Waals surface area contributed by atoms with Gasteiger partial charge in [-0.15, -0.1) is 11.8 Å². The molecule has 3 aliphatic rings. The number of esters is 1. The fraction of sp³-hybridized carbons (Fsp3) is 0.630. The third-order valence-electron chi connectivity index (χ3n) is 7.69. The number of amides is 2. The number of nitrogens with zero attached hydrogens (tertiary/aromatic N) is 2. The molecule has 0 radical (unpaired) electrons. The number of imide groups is 1. The Morgan fingerprint density at radius 3 is 2.28 bits per heavy atom. The number of carboxylic acids is 1. The highest BCUT2D eigenvalue weighted by molar-refractivity contribution is 7.99. The van der Waals surface area contributed by atoms with Crippen LogP contribution in [0, 0.1) is 11.8 Å². The lowest BCUT2D eigenvalue weighted by Gasteiger charge is -2.36. The maximum Gasteiger partial charge on any atom is 0.490 e. The van der Waals surface area contributed by atoms with Gasteiger partial charge in [0.05, 0.1) is 18.9 Å². The largest absolute Gasteiger partial charge is 0.490 e. The Kier molecular flexibility index (Phi) is 10.1. The lowest BCUT2D eigenvalue weighted by atomic mass is 9.77. The van der Waals surface area contributed by atoms with E-state index in [9.17, 15) is 27.6 Å². The van der Waals surface area contributed by atoms with Crippen LogP contribution in [0.15, 0.2) is 29.2 Å². The van der Waals surface area contributed by atoms with E-state index in [1.54, 1.807) is 0 Å². The van der Waals surface area contributed by atoms with Crippen LogP contribution in [-0.2, 0) is 23.9 Å². The average molecular weight is 573 g/mol. The lowest BCUT2D eigenvalue weighted by Crippen LogP contribution is -2.54. The van der Waals surface area contributed by atoms with Crippen LogP contribution in [0.1, 0.15) is 64.0 Å². The first kappa shape index (κ1) is 30.9. The Morgan fingerprint density at radius 1 is 1.10 bits per heavy atom. The molecule has 2 amide bonds. The number of alkyl halides is 3. The number of rotatable bonds is 9. The Hall–Kier alpha value is -2.60. The molecule has 0 bridgehead atoms. The van der Waals surface area contributed by atoms with E-state index in [1.807, 2.05) is 18.7 Å². The van der Waals surface area contributed by atoms with E-state index >= 15 is 0 Å². The fourth-order valence-electron chi connectivity index (χ4n) is 6.05. The first-order valence-electron chi connectivity index (χ1n) is 13.2. The van der Waals surface area contributed by atoms with Crippen molar-refractivity contribution in [3.63, 3.8) is 0 Å². The molecule has 216 valence electrons. The van der Waals surface area contributed by atoms with Gasteiger partial charge in [-0.1, -0.05) is 38.3 Å². The van der Waals surface area contributed by atoms with Crippen molar-refractivity contribution < 1.29 is 42.2 Å². The summed E-state index contributed by atoms with van der Waals surface area (Å²) in [5, 5.41) is 7.12. The summed E-state index contributed by atoms with van der Waals surface area (Å²) < 4.78 is 36.9. The van der Waals surface area contributed by atoms with E-state index in [0.29, 0.717) is 19.5 Å². The van der Waals surface area contributed by atoms with E-state index in [1.165, 1.54) is 42.6 Å². The number of unbranched alkanes of at least 4 members (excludes halogenated alkanes) is 3. The molecular formula is C27H35F3N2O6S. The van der Waals surface area contributed by atoms with Crippen LogP contribution in [0.25, 0.3) is 0 Å². The number of methoxy groups -OCH3 is 1. The van der Waals surface area contributed by atoms with E-state index in [0.717, 1.165) is 17.7 Å². The number of carboxylic acid groups (broad SMARTS) is 1. The molecular weight excluding hydrogens is 537 g/mol. The third kappa shape index (κ3) is 5.96. The van der Waals surface area contributed by atoms with Crippen molar-refractivity contribution in [1.82, 2.24) is 9.80 Å². The van der Waals surface area contributed by atoms with E-state index in [-0.39, 0.29) is 23.8 Å². The highest BCUT2D eigenvalue weighted by Gasteiger charge is 2.73. The zero-order valence-electron chi connectivity index (χ0n) is 22.3. The molecule has 0 saturated carbocycles. The second kappa shape index (κ2) is 12.7. The highest BCUT2D eigenvalue weighted by atomic mass is 32.2. The summed E-state index contributed by atoms with van der Waals surface area (Å²) in [7, 11) is 1.38. The van der Waals surface area contributed by atoms with Crippen LogP contribution in [0.5, 0.6) is 0 Å². The van der Waals surface area contributed by atoms with Gasteiger partial charge in [0.1, 0.15) is 5.54 Å². The fourth-order valence-corrected chi connectivity index (χ4v) is 6.96. The number of thioether (sulfide) groups is 1. The number of carbonyl (C=O) groups excluding carboxylic acids is 3. The number of hydrogen-bond donors (Lipinski definition) is 1. The van der Waals surface area contributed by atoms with Gasteiger partial charge in [-0.3, -0.25) is 24.2 Å². The molecule has 8 nitrogen and oxygen atoms in total. The molecule has 0 aliphatic carbocycles. The Morgan fingerprint density at radius 2 is 1.74 bits per heavy atom. The Bertz CT molecular complexity index is 1070. The van der Waals surface area contributed by atoms with Crippen LogP contribution in [0.2, 0.25) is 0 Å². The minimum Gasteiger partial charge on any atom is -0.475 e. The van der Waals surface area contributed by atoms with Gasteiger partial charge < -0.3 is 9.84 Å². The quantitative estimate of drug-likeness (QED) is 0.197. The summed E-state index contributed by atoms with van der Waals surface area (Å²) in [6.45, 7) is 5.06. The van der Waals surface area contributed by atoms with Crippen molar-refractivity contribution in [3.8, 4) is 0 Å². The molecule has 39 heavy (non-hydrogen) atoms. The van der Waals surface area contributed by atoms with Gasteiger partial charge in [-0.05, 0) is 56.2 Å². The van der Waals surface area contributed by atoms with Crippen LogP contribution >= 0.6 is 11.8 Å². The molecule has 4 atom stereocenters. The normalized spacial score (nSPS) is 26.2. The number of carbonyl (C=O) groups is 4. The molecule has 3 heterocycles. The number of likely N-dealkylation sites (tertiary alicyclic amines) is 1. The van der Waals surface area contributed by atoms with E-state index < -0.39 is 29.5 Å². The first-order chi connectivity index (χ1) is 18.4. The predicted octanol–water partition coefficient (Wildman–Crippen LogP) is 4.68. The molecule has 12 heteroatoms. The number of aliphatic carboxylic acids is 1. The molecule has 4 rings (SSSR count). The van der Waals surface area contributed by atoms with Crippen molar-refractivity contribution in [2.24, 2.45) is 11.8 Å². The third-order valence-corrected chi connectivity index (χ3v) is 8.79. The van der Waals surface area contributed by atoms with Crippen molar-refractivity contribution in [2.75, 3.05) is 26.0 Å². The van der Waals surface area contributed by atoms with Crippen LogP contribution in [-0.4, -0.2) is 76.3 Å². The summed E-state index contributed by atoms with van der Waals surface area (Å²) >= 11 is 1.86. The molecule has 3 unspecified atom stereocenters. The van der Waals surface area contributed by atoms with Gasteiger partial charge in [-0.25, -0.2) is 4.79 Å². The lowest BCUT2D eigenvalue weighted by molar-refractivity contribution is -0.192. The molecule has 1 aromatic rings. The monoisotopic (exact) mass is 572 g/mol. The van der Waals surface area contributed by atoms with Crippen LogP contribution in [0.3, 0.4) is 0 Å². The zero-order valence-corrected chi connectivity index (χ0v) is 23.1. The number of ether oxygens (including phenoxy) is 1. The zero-order chi connectivity index (χ0) is 29.0. The van der Waals surface area contributed by atoms with Crippen LogP contribution in [0.4, 0.5) is 13.2 Å². The maximum absolute atomic E-state index is 13.3. The van der Waals surface area contributed by atoms with Crippen molar-refractivity contribution in [2.45, 2.75) is 75.0 Å². The Balaban J connectivity index is 0.000000532. The SMILES string of the molecule is CCCCCCSc1ccc(C2C3C(=O)N(CC)C(=O)C3[C@]3(C(=O)OC)CCCN23)cc1.O=C(O)C(F)(F)F. The first-order valence-corrected chi connectivity index (χ1v) is 14.2. The van der Waals surface area contributed by atoms with Gasteiger partial charge in [0.15, 0.2) is 0 Å². The highest BCUT2D eigenvalue weighted by Crippen LogP contribution is 2.59. The van der Waals surface area contributed by atoms with Gasteiger partial charge in [0.25, 0.3) is 0 Å². The summed E-state index contributed by atoms with van der Waals surface area (Å²) in [4.78, 5) is 53.2. The molecule has 1 aromatic carbocycles.